The molecule has 5 rings (SSSR count). The minimum Gasteiger partial charge on any atom is -0.343 e. The number of allylic oxidation sites excluding steroid dienone is 2. The van der Waals surface area contributed by atoms with Crippen molar-refractivity contribution in [3.05, 3.63) is 97.7 Å². The molecule has 8 heteroatoms. The number of nitrogens with one attached hydrogen (secondary N) is 2. The van der Waals surface area contributed by atoms with E-state index in [0.717, 1.165) is 24.1 Å². The molecule has 0 fully saturated rings. The maximum Gasteiger partial charge on any atom is 0.257 e. The molecule has 5 nitrogen and oxygen atoms in total. The second kappa shape index (κ2) is 8.56. The number of aromatic nitrogens is 2. The highest BCUT2D eigenvalue weighted by Crippen LogP contribution is 2.43. The Labute approximate surface area is 193 Å². The molecule has 2 N–H and O–H groups in total. The molecule has 32 heavy (non-hydrogen) atoms. The van der Waals surface area contributed by atoms with Gasteiger partial charge in [0.05, 0.1) is 5.56 Å². The van der Waals surface area contributed by atoms with Crippen molar-refractivity contribution in [3.63, 3.8) is 0 Å². The molecule has 0 spiro atoms. The number of nitrogens with zero attached hydrogens (tertiary/aromatic N) is 1. The Morgan fingerprint density at radius 1 is 1.09 bits per heavy atom. The first-order chi connectivity index (χ1) is 15.5. The number of Topliss-reactive ketones (excluding diaryl/α,β-unsaturated/α-hetero) is 1. The molecular formula is C24H19ClFN3O2S. The Morgan fingerprint density at radius 3 is 2.66 bits per heavy atom. The molecule has 0 saturated heterocycles. The van der Waals surface area contributed by atoms with Crippen LogP contribution in [-0.2, 0) is 10.5 Å². The van der Waals surface area contributed by atoms with Crippen LogP contribution in [0.2, 0.25) is 5.02 Å². The number of aromatic amines is 1. The van der Waals surface area contributed by atoms with Gasteiger partial charge in [-0.25, -0.2) is 9.37 Å². The summed E-state index contributed by atoms with van der Waals surface area (Å²) in [6.07, 6.45) is 1.93. The predicted octanol–water partition coefficient (Wildman–Crippen LogP) is 5.42. The molecule has 3 aromatic rings. The van der Waals surface area contributed by atoms with Crippen molar-refractivity contribution in [2.45, 2.75) is 36.1 Å². The first kappa shape index (κ1) is 21.0. The highest BCUT2D eigenvalue weighted by molar-refractivity contribution is 7.98. The highest BCUT2D eigenvalue weighted by Gasteiger charge is 2.37. The van der Waals surface area contributed by atoms with Crippen molar-refractivity contribution >= 4 is 35.0 Å². The van der Waals surface area contributed by atoms with Crippen molar-refractivity contribution in [3.8, 4) is 0 Å². The van der Waals surface area contributed by atoms with E-state index in [9.17, 15) is 14.0 Å². The average molecular weight is 468 g/mol. The fraction of sp³-hybridized carbons (Fsp3) is 0.208. The summed E-state index contributed by atoms with van der Waals surface area (Å²) in [6, 6.07) is 13.7. The number of hydrogen-bond donors (Lipinski definition) is 2. The molecule has 162 valence electrons. The summed E-state index contributed by atoms with van der Waals surface area (Å²) in [5, 5.41) is 4.22. The fourth-order valence-electron chi connectivity index (χ4n) is 4.26. The van der Waals surface area contributed by atoms with Gasteiger partial charge in [-0.3, -0.25) is 9.59 Å². The molecule has 1 aliphatic heterocycles. The van der Waals surface area contributed by atoms with Crippen LogP contribution in [0.5, 0.6) is 0 Å². The molecule has 2 heterocycles. The largest absolute Gasteiger partial charge is 0.343 e. The number of rotatable bonds is 4. The van der Waals surface area contributed by atoms with Gasteiger partial charge in [-0.05, 0) is 42.2 Å². The number of carbonyl (C=O) groups excluding carboxylic acids is 1. The van der Waals surface area contributed by atoms with Crippen LogP contribution in [-0.4, -0.2) is 15.8 Å². The first-order valence-corrected chi connectivity index (χ1v) is 11.7. The summed E-state index contributed by atoms with van der Waals surface area (Å²) in [6.45, 7) is 0. The van der Waals surface area contributed by atoms with Gasteiger partial charge in [0.25, 0.3) is 5.56 Å². The van der Waals surface area contributed by atoms with Crippen LogP contribution in [0, 0.1) is 5.82 Å². The number of benzene rings is 2. The number of hydrogen-bond acceptors (Lipinski definition) is 5. The molecule has 0 saturated carbocycles. The van der Waals surface area contributed by atoms with Gasteiger partial charge >= 0.3 is 0 Å². The van der Waals surface area contributed by atoms with Gasteiger partial charge < -0.3 is 10.3 Å². The van der Waals surface area contributed by atoms with Crippen LogP contribution in [0.25, 0.3) is 0 Å². The van der Waals surface area contributed by atoms with Gasteiger partial charge in [0.1, 0.15) is 11.6 Å². The summed E-state index contributed by atoms with van der Waals surface area (Å²) < 4.78 is 14.0. The van der Waals surface area contributed by atoms with Crippen LogP contribution < -0.4 is 10.9 Å². The van der Waals surface area contributed by atoms with Crippen LogP contribution in [0.15, 0.2) is 69.8 Å². The Morgan fingerprint density at radius 2 is 1.88 bits per heavy atom. The summed E-state index contributed by atoms with van der Waals surface area (Å²) >= 11 is 7.32. The Bertz CT molecular complexity index is 1300. The van der Waals surface area contributed by atoms with E-state index in [0.29, 0.717) is 44.9 Å². The maximum atomic E-state index is 14.0. The third-order valence-electron chi connectivity index (χ3n) is 5.76. The molecular weight excluding hydrogens is 449 g/mol. The number of H-pyrrole nitrogens is 1. The number of thioether (sulfide) groups is 1. The monoisotopic (exact) mass is 467 g/mol. The van der Waals surface area contributed by atoms with E-state index in [4.69, 9.17) is 11.6 Å². The third kappa shape index (κ3) is 3.87. The Hall–Kier alpha value is -2.90. The van der Waals surface area contributed by atoms with Crippen LogP contribution in [0.1, 0.15) is 41.9 Å². The molecule has 2 aliphatic rings. The van der Waals surface area contributed by atoms with Crippen molar-refractivity contribution in [1.29, 1.82) is 0 Å². The summed E-state index contributed by atoms with van der Waals surface area (Å²) in [4.78, 5) is 33.5. The number of ketones is 1. The number of carbonyl (C=O) groups is 1. The lowest BCUT2D eigenvalue weighted by molar-refractivity contribution is -0.116. The Kier molecular flexibility index (Phi) is 5.61. The van der Waals surface area contributed by atoms with Crippen molar-refractivity contribution in [1.82, 2.24) is 9.97 Å². The normalized spacial score (nSPS) is 17.6. The fourth-order valence-corrected chi connectivity index (χ4v) is 5.23. The summed E-state index contributed by atoms with van der Waals surface area (Å²) in [5.41, 5.74) is 2.90. The van der Waals surface area contributed by atoms with Gasteiger partial charge in [-0.2, -0.15) is 0 Å². The van der Waals surface area contributed by atoms with E-state index in [1.165, 1.54) is 17.8 Å². The minimum absolute atomic E-state index is 0.0433. The molecule has 1 aromatic heterocycles. The molecule has 2 aromatic carbocycles. The van der Waals surface area contributed by atoms with E-state index in [2.05, 4.69) is 15.3 Å². The van der Waals surface area contributed by atoms with Gasteiger partial charge in [0.2, 0.25) is 0 Å². The molecule has 0 bridgehead atoms. The second-order valence-electron chi connectivity index (χ2n) is 7.79. The lowest BCUT2D eigenvalue weighted by Crippen LogP contribution is -2.32. The van der Waals surface area contributed by atoms with E-state index in [-0.39, 0.29) is 17.2 Å². The lowest BCUT2D eigenvalue weighted by atomic mass is 9.76. The molecule has 1 unspecified atom stereocenters. The molecule has 1 atom stereocenters. The van der Waals surface area contributed by atoms with Crippen LogP contribution in [0.4, 0.5) is 10.2 Å². The Balaban J connectivity index is 1.56. The van der Waals surface area contributed by atoms with E-state index >= 15 is 0 Å². The quantitative estimate of drug-likeness (QED) is 0.396. The number of halogens is 2. The van der Waals surface area contributed by atoms with Crippen molar-refractivity contribution in [2.24, 2.45) is 0 Å². The van der Waals surface area contributed by atoms with Crippen LogP contribution >= 0.6 is 23.4 Å². The number of anilines is 1. The minimum atomic E-state index is -0.506. The lowest BCUT2D eigenvalue weighted by Gasteiger charge is -2.32. The van der Waals surface area contributed by atoms with Gasteiger partial charge in [-0.1, -0.05) is 53.7 Å². The van der Waals surface area contributed by atoms with Gasteiger partial charge in [0.15, 0.2) is 10.9 Å². The van der Waals surface area contributed by atoms with Gasteiger partial charge in [-0.15, -0.1) is 0 Å². The molecule has 1 aliphatic carbocycles. The second-order valence-corrected chi connectivity index (χ2v) is 9.19. The zero-order valence-electron chi connectivity index (χ0n) is 17.0. The van der Waals surface area contributed by atoms with Crippen LogP contribution in [0.3, 0.4) is 0 Å². The molecule has 0 radical (unpaired) electrons. The zero-order valence-corrected chi connectivity index (χ0v) is 18.5. The van der Waals surface area contributed by atoms with E-state index < -0.39 is 5.92 Å². The van der Waals surface area contributed by atoms with E-state index in [1.54, 1.807) is 30.3 Å². The SMILES string of the molecule is O=C1CCCC2=C1C(c1ccc(Cl)cc1)c1c(nc(SCc3ccccc3F)[nH]c1=O)N2. The van der Waals surface area contributed by atoms with Crippen molar-refractivity contribution in [2.75, 3.05) is 5.32 Å². The standard InChI is InChI=1S/C24H19ClFN3O2S/c25-15-10-8-13(9-11-15)19-20-17(6-3-7-18(20)30)27-22-21(19)23(31)29-24(28-22)32-12-14-4-1-2-5-16(14)26/h1-2,4-5,8-11,19H,3,6-7,12H2,(H2,27,28,29,31). The summed E-state index contributed by atoms with van der Waals surface area (Å²) in [7, 11) is 0. The maximum absolute atomic E-state index is 14.0. The third-order valence-corrected chi connectivity index (χ3v) is 6.94. The van der Waals surface area contributed by atoms with Gasteiger partial charge in [0, 0.05) is 34.4 Å². The summed E-state index contributed by atoms with van der Waals surface area (Å²) in [5.74, 6) is 0.0198. The topological polar surface area (TPSA) is 74.8 Å². The average Bonchev–Trinajstić information content (AvgIpc) is 2.78. The number of fused-ring (bicyclic) bond motifs is 1. The highest BCUT2D eigenvalue weighted by atomic mass is 35.5. The predicted molar refractivity (Wildman–Crippen MR) is 124 cm³/mol. The van der Waals surface area contributed by atoms with E-state index in [1.807, 2.05) is 12.1 Å². The van der Waals surface area contributed by atoms with Crippen molar-refractivity contribution < 1.29 is 9.18 Å². The molecule has 0 amide bonds. The smallest absolute Gasteiger partial charge is 0.257 e. The zero-order chi connectivity index (χ0) is 22.2. The first-order valence-electron chi connectivity index (χ1n) is 10.3.